The lowest BCUT2D eigenvalue weighted by atomic mass is 10.2. The molecule has 0 saturated heterocycles. The van der Waals surface area contributed by atoms with Crippen LogP contribution in [-0.4, -0.2) is 10.9 Å². The molecule has 0 radical (unpaired) electrons. The lowest BCUT2D eigenvalue weighted by molar-refractivity contribution is 0.0943. The van der Waals surface area contributed by atoms with Gasteiger partial charge in [0.2, 0.25) is 0 Å². The van der Waals surface area contributed by atoms with Gasteiger partial charge in [-0.3, -0.25) is 9.78 Å². The molecule has 4 heteroatoms. The second-order valence-electron chi connectivity index (χ2n) is 4.30. The Kier molecular flexibility index (Phi) is 3.77. The molecule has 18 heavy (non-hydrogen) atoms. The summed E-state index contributed by atoms with van der Waals surface area (Å²) in [5.74, 6) is -0.0330. The Morgan fingerprint density at radius 2 is 2.17 bits per heavy atom. The van der Waals surface area contributed by atoms with Crippen LogP contribution >= 0.6 is 11.3 Å². The zero-order valence-electron chi connectivity index (χ0n) is 10.7. The van der Waals surface area contributed by atoms with Gasteiger partial charge in [0.05, 0.1) is 16.6 Å². The zero-order chi connectivity index (χ0) is 13.1. The van der Waals surface area contributed by atoms with Gasteiger partial charge in [-0.05, 0) is 44.5 Å². The molecule has 0 aliphatic rings. The normalized spacial score (nSPS) is 12.2. The van der Waals surface area contributed by atoms with Crippen LogP contribution in [0.15, 0.2) is 30.5 Å². The molecule has 1 N–H and O–H groups in total. The standard InChI is InChI=1S/C14H16N2OS/c1-9-8-13(18-11(9)3)14(17)16-10(2)12-6-4-5-7-15-12/h4-8,10H,1-3H3,(H,16,17)/t10-/m0/s1. The first-order chi connectivity index (χ1) is 8.58. The number of nitrogens with zero attached hydrogens (tertiary/aromatic N) is 1. The van der Waals surface area contributed by atoms with Gasteiger partial charge in [0.25, 0.3) is 5.91 Å². The minimum absolute atomic E-state index is 0.0330. The maximum atomic E-state index is 12.1. The fourth-order valence-electron chi connectivity index (χ4n) is 1.66. The van der Waals surface area contributed by atoms with E-state index in [1.54, 1.807) is 6.20 Å². The van der Waals surface area contributed by atoms with Crippen LogP contribution in [0.25, 0.3) is 0 Å². The van der Waals surface area contributed by atoms with Crippen molar-refractivity contribution in [3.8, 4) is 0 Å². The van der Waals surface area contributed by atoms with Gasteiger partial charge in [-0.15, -0.1) is 11.3 Å². The molecule has 0 unspecified atom stereocenters. The molecule has 2 aromatic heterocycles. The number of thiophene rings is 1. The number of amides is 1. The summed E-state index contributed by atoms with van der Waals surface area (Å²) in [4.78, 5) is 18.2. The Bertz CT molecular complexity index is 529. The van der Waals surface area contributed by atoms with Crippen LogP contribution in [0.1, 0.15) is 38.8 Å². The first kappa shape index (κ1) is 12.8. The van der Waals surface area contributed by atoms with Gasteiger partial charge in [0, 0.05) is 11.1 Å². The molecule has 0 fully saturated rings. The quantitative estimate of drug-likeness (QED) is 0.920. The third-order valence-corrected chi connectivity index (χ3v) is 4.02. The van der Waals surface area contributed by atoms with Crippen molar-refractivity contribution in [2.45, 2.75) is 26.8 Å². The number of aromatic nitrogens is 1. The van der Waals surface area contributed by atoms with Gasteiger partial charge >= 0.3 is 0 Å². The fourth-order valence-corrected chi connectivity index (χ4v) is 2.60. The van der Waals surface area contributed by atoms with Gasteiger partial charge in [-0.2, -0.15) is 0 Å². The summed E-state index contributed by atoms with van der Waals surface area (Å²) in [6.07, 6.45) is 1.73. The number of nitrogens with one attached hydrogen (secondary N) is 1. The van der Waals surface area contributed by atoms with E-state index < -0.39 is 0 Å². The highest BCUT2D eigenvalue weighted by Gasteiger charge is 2.14. The van der Waals surface area contributed by atoms with Crippen molar-refractivity contribution in [3.63, 3.8) is 0 Å². The van der Waals surface area contributed by atoms with E-state index in [1.807, 2.05) is 45.0 Å². The molecular formula is C14H16N2OS. The molecule has 0 bridgehead atoms. The molecule has 2 rings (SSSR count). The number of aryl methyl sites for hydroxylation is 2. The highest BCUT2D eigenvalue weighted by molar-refractivity contribution is 7.14. The molecule has 3 nitrogen and oxygen atoms in total. The van der Waals surface area contributed by atoms with E-state index >= 15 is 0 Å². The molecule has 2 heterocycles. The van der Waals surface area contributed by atoms with Gasteiger partial charge in [-0.1, -0.05) is 6.07 Å². The minimum atomic E-state index is -0.0820. The van der Waals surface area contributed by atoms with Crippen molar-refractivity contribution < 1.29 is 4.79 Å². The molecule has 0 aromatic carbocycles. The average Bonchev–Trinajstić information content (AvgIpc) is 2.71. The third kappa shape index (κ3) is 2.76. The molecule has 2 aromatic rings. The number of carbonyl (C=O) groups excluding carboxylic acids is 1. The molecular weight excluding hydrogens is 244 g/mol. The predicted molar refractivity (Wildman–Crippen MR) is 73.9 cm³/mol. The largest absolute Gasteiger partial charge is 0.343 e. The van der Waals surface area contributed by atoms with E-state index in [2.05, 4.69) is 10.3 Å². The summed E-state index contributed by atoms with van der Waals surface area (Å²) >= 11 is 1.53. The Balaban J connectivity index is 2.08. The Hall–Kier alpha value is -1.68. The van der Waals surface area contributed by atoms with E-state index in [9.17, 15) is 4.79 Å². The van der Waals surface area contributed by atoms with Crippen molar-refractivity contribution in [2.24, 2.45) is 0 Å². The highest BCUT2D eigenvalue weighted by atomic mass is 32.1. The van der Waals surface area contributed by atoms with Crippen molar-refractivity contribution in [2.75, 3.05) is 0 Å². The summed E-state index contributed by atoms with van der Waals surface area (Å²) in [5.41, 5.74) is 2.03. The first-order valence-corrected chi connectivity index (χ1v) is 6.68. The van der Waals surface area contributed by atoms with Crippen LogP contribution < -0.4 is 5.32 Å². The Labute approximate surface area is 111 Å². The highest BCUT2D eigenvalue weighted by Crippen LogP contribution is 2.21. The number of hydrogen-bond donors (Lipinski definition) is 1. The number of pyridine rings is 1. The topological polar surface area (TPSA) is 42.0 Å². The monoisotopic (exact) mass is 260 g/mol. The fraction of sp³-hybridized carbons (Fsp3) is 0.286. The maximum Gasteiger partial charge on any atom is 0.261 e. The second kappa shape index (κ2) is 5.31. The first-order valence-electron chi connectivity index (χ1n) is 5.86. The molecule has 0 aliphatic heterocycles. The molecule has 1 atom stereocenters. The van der Waals surface area contributed by atoms with Gasteiger partial charge in [0.1, 0.15) is 0 Å². The van der Waals surface area contributed by atoms with Crippen LogP contribution in [0.2, 0.25) is 0 Å². The molecule has 1 amide bonds. The summed E-state index contributed by atoms with van der Waals surface area (Å²) in [5, 5.41) is 2.96. The van der Waals surface area contributed by atoms with Crippen LogP contribution in [0.4, 0.5) is 0 Å². The smallest absolute Gasteiger partial charge is 0.261 e. The van der Waals surface area contributed by atoms with E-state index in [1.165, 1.54) is 16.2 Å². The Morgan fingerprint density at radius 1 is 1.39 bits per heavy atom. The van der Waals surface area contributed by atoms with Crippen LogP contribution in [0.5, 0.6) is 0 Å². The predicted octanol–water partition coefficient (Wildman–Crippen LogP) is 3.25. The Morgan fingerprint density at radius 3 is 2.72 bits per heavy atom. The van der Waals surface area contributed by atoms with Crippen LogP contribution in [0, 0.1) is 13.8 Å². The van der Waals surface area contributed by atoms with Crippen LogP contribution in [-0.2, 0) is 0 Å². The number of rotatable bonds is 3. The second-order valence-corrected chi connectivity index (χ2v) is 5.56. The SMILES string of the molecule is Cc1cc(C(=O)N[C@@H](C)c2ccccn2)sc1C. The molecule has 0 saturated carbocycles. The summed E-state index contributed by atoms with van der Waals surface area (Å²) in [6.45, 7) is 5.98. The summed E-state index contributed by atoms with van der Waals surface area (Å²) in [6, 6.07) is 7.55. The van der Waals surface area contributed by atoms with Crippen molar-refractivity contribution in [1.82, 2.24) is 10.3 Å². The average molecular weight is 260 g/mol. The van der Waals surface area contributed by atoms with Gasteiger partial charge in [0.15, 0.2) is 0 Å². The molecule has 0 spiro atoms. The van der Waals surface area contributed by atoms with E-state index in [-0.39, 0.29) is 11.9 Å². The molecule has 94 valence electrons. The van der Waals surface area contributed by atoms with Crippen LogP contribution in [0.3, 0.4) is 0 Å². The third-order valence-electron chi connectivity index (χ3n) is 2.87. The van der Waals surface area contributed by atoms with Gasteiger partial charge < -0.3 is 5.32 Å². The van der Waals surface area contributed by atoms with Gasteiger partial charge in [-0.25, -0.2) is 0 Å². The minimum Gasteiger partial charge on any atom is -0.343 e. The number of carbonyl (C=O) groups is 1. The van der Waals surface area contributed by atoms with Crippen molar-refractivity contribution >= 4 is 17.2 Å². The molecule has 0 aliphatic carbocycles. The lowest BCUT2D eigenvalue weighted by Gasteiger charge is -2.12. The number of hydrogen-bond acceptors (Lipinski definition) is 3. The van der Waals surface area contributed by atoms with E-state index in [4.69, 9.17) is 0 Å². The van der Waals surface area contributed by atoms with E-state index in [0.717, 1.165) is 16.1 Å². The van der Waals surface area contributed by atoms with E-state index in [0.29, 0.717) is 0 Å². The summed E-state index contributed by atoms with van der Waals surface area (Å²) in [7, 11) is 0. The van der Waals surface area contributed by atoms with Crippen molar-refractivity contribution in [1.29, 1.82) is 0 Å². The van der Waals surface area contributed by atoms with Crippen molar-refractivity contribution in [3.05, 3.63) is 51.5 Å². The zero-order valence-corrected chi connectivity index (χ0v) is 11.5. The summed E-state index contributed by atoms with van der Waals surface area (Å²) < 4.78 is 0. The lowest BCUT2D eigenvalue weighted by Crippen LogP contribution is -2.26. The maximum absolute atomic E-state index is 12.1.